The first-order chi connectivity index (χ1) is 21.8. The van der Waals surface area contributed by atoms with Gasteiger partial charge in [-0.2, -0.15) is 0 Å². The summed E-state index contributed by atoms with van der Waals surface area (Å²) in [5.74, 6) is 3.87. The van der Waals surface area contributed by atoms with Gasteiger partial charge in [0.15, 0.2) is 0 Å². The van der Waals surface area contributed by atoms with Gasteiger partial charge in [0.05, 0.1) is 18.2 Å². The van der Waals surface area contributed by atoms with Crippen LogP contribution in [0.5, 0.6) is 17.2 Å². The average Bonchev–Trinajstić information content (AvgIpc) is 3.64. The van der Waals surface area contributed by atoms with Gasteiger partial charge >= 0.3 is 0 Å². The van der Waals surface area contributed by atoms with Crippen molar-refractivity contribution >= 4 is 19.1 Å². The lowest BCUT2D eigenvalue weighted by Crippen LogP contribution is -2.55. The molecule has 6 rings (SSSR count). The maximum absolute atomic E-state index is 9.19. The van der Waals surface area contributed by atoms with Crippen molar-refractivity contribution < 1.29 is 19.2 Å². The van der Waals surface area contributed by atoms with Crippen LogP contribution in [0.3, 0.4) is 0 Å². The van der Waals surface area contributed by atoms with Crippen molar-refractivity contribution in [3.05, 3.63) is 75.8 Å². The van der Waals surface area contributed by atoms with E-state index in [1.807, 2.05) is 13.0 Å². The number of hydrogen-bond donors (Lipinski definition) is 1. The van der Waals surface area contributed by atoms with E-state index in [2.05, 4.69) is 68.1 Å². The third-order valence-electron chi connectivity index (χ3n) is 10.4. The Kier molecular flexibility index (Phi) is 10.0. The van der Waals surface area contributed by atoms with Crippen LogP contribution >= 0.6 is 11.6 Å². The number of hydrogen-bond acceptors (Lipinski definition) is 5. The minimum absolute atomic E-state index is 0.0606. The predicted octanol–water partition coefficient (Wildman–Crippen LogP) is 8.36. The van der Waals surface area contributed by atoms with Crippen molar-refractivity contribution in [2.24, 2.45) is 11.8 Å². The van der Waals surface area contributed by atoms with E-state index >= 15 is 0 Å². The Morgan fingerprint density at radius 1 is 1.02 bits per heavy atom. The molecule has 2 unspecified atom stereocenters. The van der Waals surface area contributed by atoms with Gasteiger partial charge in [0.25, 0.3) is 7.48 Å². The summed E-state index contributed by atoms with van der Waals surface area (Å²) in [7, 11) is 0.273. The highest BCUT2D eigenvalue weighted by Crippen LogP contribution is 2.48. The third-order valence-corrected chi connectivity index (χ3v) is 10.7. The highest BCUT2D eigenvalue weighted by atomic mass is 35.5. The summed E-state index contributed by atoms with van der Waals surface area (Å²) < 4.78 is 19.1. The molecule has 2 fully saturated rings. The van der Waals surface area contributed by atoms with E-state index in [0.29, 0.717) is 34.8 Å². The van der Waals surface area contributed by atoms with Crippen molar-refractivity contribution in [1.82, 2.24) is 4.90 Å². The van der Waals surface area contributed by atoms with E-state index in [-0.39, 0.29) is 13.6 Å². The van der Waals surface area contributed by atoms with E-state index in [0.717, 1.165) is 68.6 Å². The van der Waals surface area contributed by atoms with Crippen molar-refractivity contribution in [3.8, 4) is 28.4 Å². The fourth-order valence-electron chi connectivity index (χ4n) is 7.44. The van der Waals surface area contributed by atoms with E-state index < -0.39 is 0 Å². The van der Waals surface area contributed by atoms with Crippen molar-refractivity contribution in [1.29, 1.82) is 0 Å². The van der Waals surface area contributed by atoms with Crippen LogP contribution in [0.25, 0.3) is 11.1 Å². The molecular weight excluding hydrogens is 581 g/mol. The molecule has 0 radical (unpaired) electrons. The van der Waals surface area contributed by atoms with Crippen LogP contribution in [0, 0.1) is 18.8 Å². The topological polar surface area (TPSA) is 51.2 Å². The Balaban J connectivity index is 1.15. The molecule has 3 aromatic carbocycles. The summed E-state index contributed by atoms with van der Waals surface area (Å²) in [6.07, 6.45) is 8.27. The van der Waals surface area contributed by atoms with Gasteiger partial charge in [-0.15, -0.1) is 0 Å². The van der Waals surface area contributed by atoms with Crippen LogP contribution in [0.4, 0.5) is 0 Å². The van der Waals surface area contributed by atoms with Gasteiger partial charge in [-0.1, -0.05) is 54.7 Å². The Labute approximate surface area is 275 Å². The fourth-order valence-corrected chi connectivity index (χ4v) is 7.67. The SMILES string of the molecule is CCOc1cc(O[C@H]2CCc3c(-c4cccc(OCCCN5CCC5(C)C)c4C)cccc32)c(Cl)cc1CC1CC1CCBO. The molecule has 0 aromatic heterocycles. The van der Waals surface area contributed by atoms with E-state index in [9.17, 15) is 5.02 Å². The lowest BCUT2D eigenvalue weighted by molar-refractivity contribution is 0.0123. The van der Waals surface area contributed by atoms with Gasteiger partial charge in [-0.05, 0) is 124 Å². The quantitative estimate of drug-likeness (QED) is 0.135. The van der Waals surface area contributed by atoms with Crippen molar-refractivity contribution in [2.75, 3.05) is 26.3 Å². The zero-order valence-electron chi connectivity index (χ0n) is 27.5. The minimum Gasteiger partial charge on any atom is -0.493 e. The van der Waals surface area contributed by atoms with E-state index in [4.69, 9.17) is 25.8 Å². The van der Waals surface area contributed by atoms with Crippen LogP contribution in [0.15, 0.2) is 48.5 Å². The van der Waals surface area contributed by atoms with E-state index in [1.165, 1.54) is 47.2 Å². The lowest BCUT2D eigenvalue weighted by Gasteiger charge is -2.48. The molecule has 1 aliphatic heterocycles. The Hall–Kier alpha value is -2.67. The Bertz CT molecular complexity index is 1490. The fraction of sp³-hybridized carbons (Fsp3) is 0.526. The first-order valence-electron chi connectivity index (χ1n) is 17.1. The summed E-state index contributed by atoms with van der Waals surface area (Å²) in [4.78, 5) is 2.55. The van der Waals surface area contributed by atoms with Crippen LogP contribution in [0.1, 0.15) is 81.2 Å². The van der Waals surface area contributed by atoms with Gasteiger partial charge in [0.2, 0.25) is 0 Å². The van der Waals surface area contributed by atoms with Gasteiger partial charge in [0.1, 0.15) is 23.4 Å². The Morgan fingerprint density at radius 3 is 2.60 bits per heavy atom. The molecule has 1 heterocycles. The smallest absolute Gasteiger partial charge is 0.270 e. The zero-order valence-corrected chi connectivity index (χ0v) is 28.3. The highest BCUT2D eigenvalue weighted by Gasteiger charge is 2.37. The second kappa shape index (κ2) is 14.0. The molecule has 45 heavy (non-hydrogen) atoms. The number of rotatable bonds is 15. The molecule has 1 saturated carbocycles. The molecule has 0 amide bonds. The molecule has 3 aliphatic rings. The zero-order chi connectivity index (χ0) is 31.6. The maximum atomic E-state index is 9.19. The lowest BCUT2D eigenvalue weighted by atomic mass is 9.89. The van der Waals surface area contributed by atoms with Crippen LogP contribution in [0.2, 0.25) is 11.3 Å². The van der Waals surface area contributed by atoms with Crippen molar-refractivity contribution in [3.63, 3.8) is 0 Å². The molecule has 3 aromatic rings. The third kappa shape index (κ3) is 7.19. The summed E-state index contributed by atoms with van der Waals surface area (Å²) >= 11 is 6.86. The summed E-state index contributed by atoms with van der Waals surface area (Å²) in [5.41, 5.74) is 7.76. The molecule has 1 saturated heterocycles. The number of likely N-dealkylation sites (tertiary alicyclic amines) is 1. The Morgan fingerprint density at radius 2 is 1.84 bits per heavy atom. The molecule has 1 N–H and O–H groups in total. The van der Waals surface area contributed by atoms with Crippen LogP contribution in [-0.4, -0.2) is 49.2 Å². The largest absolute Gasteiger partial charge is 0.493 e. The van der Waals surface area contributed by atoms with Gasteiger partial charge < -0.3 is 19.2 Å². The maximum Gasteiger partial charge on any atom is 0.270 e. The molecular formula is C38H49BClNO4. The second-order valence-electron chi connectivity index (χ2n) is 13.8. The number of ether oxygens (including phenoxy) is 3. The number of halogens is 1. The van der Waals surface area contributed by atoms with Crippen LogP contribution < -0.4 is 14.2 Å². The predicted molar refractivity (Wildman–Crippen MR) is 185 cm³/mol. The van der Waals surface area contributed by atoms with Gasteiger partial charge in [-0.3, -0.25) is 4.90 Å². The monoisotopic (exact) mass is 629 g/mol. The highest BCUT2D eigenvalue weighted by molar-refractivity contribution is 6.32. The molecule has 2 aliphatic carbocycles. The molecule has 3 atom stereocenters. The molecule has 240 valence electrons. The summed E-state index contributed by atoms with van der Waals surface area (Å²) in [6, 6.07) is 17.1. The van der Waals surface area contributed by atoms with Crippen molar-refractivity contribution in [2.45, 2.75) is 90.6 Å². The number of nitrogens with zero attached hydrogens (tertiary/aromatic N) is 1. The summed E-state index contributed by atoms with van der Waals surface area (Å²) in [5, 5.41) is 9.83. The second-order valence-corrected chi connectivity index (χ2v) is 14.3. The normalized spacial score (nSPS) is 21.6. The van der Waals surface area contributed by atoms with Gasteiger partial charge in [-0.25, -0.2) is 0 Å². The number of benzene rings is 3. The van der Waals surface area contributed by atoms with Crippen LogP contribution in [-0.2, 0) is 12.8 Å². The average molecular weight is 630 g/mol. The minimum atomic E-state index is -0.0606. The molecule has 7 heteroatoms. The molecule has 0 spiro atoms. The first kappa shape index (κ1) is 32.3. The standard InChI is InChI=1S/C38H49BClNO4/c1-5-43-36-24-37(33(40)23-28(36)22-27-21-26(27)15-17-39-42)45-35-14-13-31-30(10-6-11-32(31)35)29-9-7-12-34(25(29)2)44-20-8-18-41-19-16-38(41,3)4/h6-7,9-12,23-24,26-27,35,39,42H,5,8,13-22H2,1-4H3/t26?,27?,35-/m0/s1. The summed E-state index contributed by atoms with van der Waals surface area (Å²) in [6.45, 7) is 12.5. The molecule has 5 nitrogen and oxygen atoms in total. The van der Waals surface area contributed by atoms with Gasteiger partial charge in [0, 0.05) is 24.7 Å². The first-order valence-corrected chi connectivity index (χ1v) is 17.5. The number of fused-ring (bicyclic) bond motifs is 1. The van der Waals surface area contributed by atoms with E-state index in [1.54, 1.807) is 0 Å². The molecule has 0 bridgehead atoms.